The summed E-state index contributed by atoms with van der Waals surface area (Å²) in [6, 6.07) is 5.98. The van der Waals surface area contributed by atoms with E-state index in [0.29, 0.717) is 45.6 Å². The predicted octanol–water partition coefficient (Wildman–Crippen LogP) is 2.21. The van der Waals surface area contributed by atoms with Crippen molar-refractivity contribution in [3.63, 3.8) is 0 Å². The molecule has 0 bridgehead atoms. The molecule has 3 aliphatic heterocycles. The number of halogens is 1. The second-order valence-corrected chi connectivity index (χ2v) is 9.71. The van der Waals surface area contributed by atoms with Gasteiger partial charge in [0.15, 0.2) is 0 Å². The molecular formula is C24H33FN4O3. The number of nitrogens with zero attached hydrogens (tertiary/aromatic N) is 4. The summed E-state index contributed by atoms with van der Waals surface area (Å²) >= 11 is 0. The van der Waals surface area contributed by atoms with Crippen LogP contribution in [0.3, 0.4) is 0 Å². The Morgan fingerprint density at radius 1 is 1.00 bits per heavy atom. The maximum absolute atomic E-state index is 13.5. The summed E-state index contributed by atoms with van der Waals surface area (Å²) in [4.78, 5) is 46.4. The molecule has 0 aliphatic carbocycles. The van der Waals surface area contributed by atoms with Gasteiger partial charge in [-0.05, 0) is 43.9 Å². The molecule has 1 aromatic rings. The summed E-state index contributed by atoms with van der Waals surface area (Å²) in [6.07, 6.45) is 2.43. The Hall–Kier alpha value is -2.64. The summed E-state index contributed by atoms with van der Waals surface area (Å²) in [5.74, 6) is -0.125. The molecule has 3 aliphatic rings. The van der Waals surface area contributed by atoms with Gasteiger partial charge >= 0.3 is 6.03 Å². The summed E-state index contributed by atoms with van der Waals surface area (Å²) in [5, 5.41) is 0. The largest absolute Gasteiger partial charge is 0.342 e. The second kappa shape index (κ2) is 8.37. The SMILES string of the molecule is CCN1CC[C@]2(CN(C(=O)N(C)C)CC23CCN(C(=O)Cc2ccc(F)cc2)CC3)C1=O. The highest BCUT2D eigenvalue weighted by Crippen LogP contribution is 2.58. The van der Waals surface area contributed by atoms with Crippen LogP contribution in [-0.2, 0) is 16.0 Å². The highest BCUT2D eigenvalue weighted by molar-refractivity contribution is 5.88. The van der Waals surface area contributed by atoms with Crippen molar-refractivity contribution >= 4 is 17.8 Å². The average Bonchev–Trinajstić information content (AvgIpc) is 3.27. The third-order valence-corrected chi connectivity index (χ3v) is 7.85. The number of carbonyl (C=O) groups excluding carboxylic acids is 3. The third-order valence-electron chi connectivity index (χ3n) is 7.85. The minimum atomic E-state index is -0.555. The Morgan fingerprint density at radius 2 is 1.66 bits per heavy atom. The van der Waals surface area contributed by atoms with Gasteiger partial charge in [0.25, 0.3) is 0 Å². The monoisotopic (exact) mass is 444 g/mol. The fourth-order valence-electron chi connectivity index (χ4n) is 5.97. The second-order valence-electron chi connectivity index (χ2n) is 9.71. The summed E-state index contributed by atoms with van der Waals surface area (Å²) < 4.78 is 13.2. The molecule has 1 atom stereocenters. The first-order valence-electron chi connectivity index (χ1n) is 11.5. The van der Waals surface area contributed by atoms with Crippen LogP contribution in [0.15, 0.2) is 24.3 Å². The van der Waals surface area contributed by atoms with Crippen LogP contribution in [0.5, 0.6) is 0 Å². The maximum Gasteiger partial charge on any atom is 0.319 e. The highest BCUT2D eigenvalue weighted by Gasteiger charge is 2.65. The molecule has 3 heterocycles. The van der Waals surface area contributed by atoms with Crippen LogP contribution in [0.4, 0.5) is 9.18 Å². The van der Waals surface area contributed by atoms with E-state index >= 15 is 0 Å². The van der Waals surface area contributed by atoms with Crippen molar-refractivity contribution in [2.24, 2.45) is 10.8 Å². The molecule has 8 heteroatoms. The van der Waals surface area contributed by atoms with E-state index in [0.717, 1.165) is 18.5 Å². The molecule has 0 saturated carbocycles. The van der Waals surface area contributed by atoms with Gasteiger partial charge in [0.2, 0.25) is 11.8 Å². The summed E-state index contributed by atoms with van der Waals surface area (Å²) in [5.41, 5.74) is -0.0612. The molecule has 0 radical (unpaired) electrons. The van der Waals surface area contributed by atoms with Crippen LogP contribution in [0.2, 0.25) is 0 Å². The van der Waals surface area contributed by atoms with Crippen LogP contribution in [-0.4, -0.2) is 90.8 Å². The van der Waals surface area contributed by atoms with E-state index in [1.54, 1.807) is 31.1 Å². The van der Waals surface area contributed by atoms with Gasteiger partial charge in [0.05, 0.1) is 11.8 Å². The van der Waals surface area contributed by atoms with Crippen LogP contribution in [0, 0.1) is 16.6 Å². The topological polar surface area (TPSA) is 64.2 Å². The number of benzene rings is 1. The standard InChI is InChI=1S/C24H33FN4O3/c1-4-27-14-11-24(21(27)31)17-29(22(32)26(2)3)16-23(24)9-12-28(13-10-23)20(30)15-18-5-7-19(25)8-6-18/h5-8H,4,9-17H2,1-3H3/t24-/m0/s1. The third kappa shape index (κ3) is 3.63. The first-order chi connectivity index (χ1) is 15.2. The lowest BCUT2D eigenvalue weighted by molar-refractivity contribution is -0.143. The van der Waals surface area contributed by atoms with Crippen molar-refractivity contribution in [1.29, 1.82) is 0 Å². The molecular weight excluding hydrogens is 411 g/mol. The Kier molecular flexibility index (Phi) is 5.90. The van der Waals surface area contributed by atoms with Crippen molar-refractivity contribution in [1.82, 2.24) is 19.6 Å². The number of rotatable bonds is 3. The Labute approximate surface area is 189 Å². The van der Waals surface area contributed by atoms with E-state index in [2.05, 4.69) is 0 Å². The molecule has 3 fully saturated rings. The van der Waals surface area contributed by atoms with E-state index in [9.17, 15) is 18.8 Å². The van der Waals surface area contributed by atoms with Gasteiger partial charge in [-0.15, -0.1) is 0 Å². The molecule has 32 heavy (non-hydrogen) atoms. The van der Waals surface area contributed by atoms with Crippen molar-refractivity contribution in [2.45, 2.75) is 32.6 Å². The quantitative estimate of drug-likeness (QED) is 0.718. The van der Waals surface area contributed by atoms with Gasteiger partial charge < -0.3 is 19.6 Å². The molecule has 4 rings (SSSR count). The van der Waals surface area contributed by atoms with E-state index in [1.165, 1.54) is 12.1 Å². The van der Waals surface area contributed by atoms with Crippen molar-refractivity contribution in [3.8, 4) is 0 Å². The molecule has 3 saturated heterocycles. The molecule has 2 spiro atoms. The van der Waals surface area contributed by atoms with Gasteiger partial charge in [-0.2, -0.15) is 0 Å². The number of hydrogen-bond donors (Lipinski definition) is 0. The number of carbonyl (C=O) groups is 3. The molecule has 0 aromatic heterocycles. The van der Waals surface area contributed by atoms with Crippen LogP contribution < -0.4 is 0 Å². The Bertz CT molecular complexity index is 895. The summed E-state index contributed by atoms with van der Waals surface area (Å²) in [6.45, 7) is 5.58. The smallest absolute Gasteiger partial charge is 0.319 e. The molecule has 7 nitrogen and oxygen atoms in total. The molecule has 174 valence electrons. The van der Waals surface area contributed by atoms with Gasteiger partial charge in [0, 0.05) is 58.8 Å². The van der Waals surface area contributed by atoms with Crippen LogP contribution >= 0.6 is 0 Å². The number of fused-ring (bicyclic) bond motifs is 1. The maximum atomic E-state index is 13.5. The van der Waals surface area contributed by atoms with Crippen molar-refractivity contribution in [2.75, 3.05) is 53.4 Å². The van der Waals surface area contributed by atoms with Gasteiger partial charge in [-0.3, -0.25) is 9.59 Å². The van der Waals surface area contributed by atoms with Crippen LogP contribution in [0.1, 0.15) is 31.7 Å². The number of likely N-dealkylation sites (tertiary alicyclic amines) is 3. The number of amides is 4. The van der Waals surface area contributed by atoms with Gasteiger partial charge in [0.1, 0.15) is 5.82 Å². The normalized spacial score (nSPS) is 24.6. The molecule has 4 amide bonds. The number of piperidine rings is 1. The van der Waals surface area contributed by atoms with Crippen LogP contribution in [0.25, 0.3) is 0 Å². The fourth-order valence-corrected chi connectivity index (χ4v) is 5.97. The van der Waals surface area contributed by atoms with E-state index < -0.39 is 5.41 Å². The minimum absolute atomic E-state index is 0.0210. The predicted molar refractivity (Wildman–Crippen MR) is 118 cm³/mol. The van der Waals surface area contributed by atoms with E-state index in [4.69, 9.17) is 0 Å². The molecule has 0 N–H and O–H groups in total. The number of hydrogen-bond acceptors (Lipinski definition) is 3. The van der Waals surface area contributed by atoms with Gasteiger partial charge in [-0.25, -0.2) is 9.18 Å². The summed E-state index contributed by atoms with van der Waals surface area (Å²) in [7, 11) is 3.48. The zero-order chi connectivity index (χ0) is 23.1. The molecule has 0 unspecified atom stereocenters. The lowest BCUT2D eigenvalue weighted by Gasteiger charge is -2.46. The van der Waals surface area contributed by atoms with Gasteiger partial charge in [-0.1, -0.05) is 12.1 Å². The Balaban J connectivity index is 1.51. The Morgan fingerprint density at radius 3 is 2.22 bits per heavy atom. The fraction of sp³-hybridized carbons (Fsp3) is 0.625. The average molecular weight is 445 g/mol. The van der Waals surface area contributed by atoms with E-state index in [-0.39, 0.29) is 35.5 Å². The first-order valence-corrected chi connectivity index (χ1v) is 11.5. The minimum Gasteiger partial charge on any atom is -0.342 e. The first kappa shape index (κ1) is 22.6. The van der Waals surface area contributed by atoms with Crippen molar-refractivity contribution < 1.29 is 18.8 Å². The lowest BCUT2D eigenvalue weighted by Crippen LogP contribution is -2.53. The van der Waals surface area contributed by atoms with Crippen molar-refractivity contribution in [3.05, 3.63) is 35.6 Å². The zero-order valence-electron chi connectivity index (χ0n) is 19.3. The van der Waals surface area contributed by atoms with E-state index in [1.807, 2.05) is 21.6 Å². The highest BCUT2D eigenvalue weighted by atomic mass is 19.1. The lowest BCUT2D eigenvalue weighted by atomic mass is 9.60. The molecule has 1 aromatic carbocycles. The zero-order valence-corrected chi connectivity index (χ0v) is 19.3. The number of urea groups is 1.